The van der Waals surface area contributed by atoms with Gasteiger partial charge in [0, 0.05) is 33.6 Å². The summed E-state index contributed by atoms with van der Waals surface area (Å²) in [5.41, 5.74) is 7.18. The Balaban J connectivity index is 2.60. The van der Waals surface area contributed by atoms with Crippen LogP contribution in [0.5, 0.6) is 0 Å². The van der Waals surface area contributed by atoms with Crippen molar-refractivity contribution in [2.75, 3.05) is 6.54 Å². The maximum absolute atomic E-state index is 10.7. The van der Waals surface area contributed by atoms with Crippen molar-refractivity contribution in [2.45, 2.75) is 26.4 Å². The molecular weight excluding hydrogens is 304 g/mol. The molecule has 0 fully saturated rings. The number of fused-ring (bicyclic) bond motifs is 1. The molecule has 0 saturated heterocycles. The maximum atomic E-state index is 10.7. The number of halogens is 1. The van der Waals surface area contributed by atoms with Crippen LogP contribution < -0.4 is 5.73 Å². The molecule has 0 spiro atoms. The summed E-state index contributed by atoms with van der Waals surface area (Å²) in [7, 11) is 0. The van der Waals surface area contributed by atoms with Gasteiger partial charge in [0.15, 0.2) is 0 Å². The largest absolute Gasteiger partial charge is 0.388 e. The Morgan fingerprint density at radius 3 is 2.79 bits per heavy atom. The van der Waals surface area contributed by atoms with Crippen LogP contribution in [0.3, 0.4) is 0 Å². The zero-order valence-electron chi connectivity index (χ0n) is 11.2. The summed E-state index contributed by atoms with van der Waals surface area (Å²) < 4.78 is 0.984. The van der Waals surface area contributed by atoms with Gasteiger partial charge in [-0.15, -0.1) is 0 Å². The molecule has 0 saturated carbocycles. The lowest BCUT2D eigenvalue weighted by Gasteiger charge is -2.33. The van der Waals surface area contributed by atoms with E-state index in [4.69, 9.17) is 5.73 Å². The van der Waals surface area contributed by atoms with E-state index in [2.05, 4.69) is 20.9 Å². The number of pyridine rings is 1. The molecule has 0 aliphatic rings. The van der Waals surface area contributed by atoms with E-state index in [1.807, 2.05) is 38.1 Å². The second-order valence-electron chi connectivity index (χ2n) is 5.15. The molecule has 1 aromatic carbocycles. The van der Waals surface area contributed by atoms with Crippen LogP contribution in [0, 0.1) is 5.41 Å². The molecule has 0 bridgehead atoms. The lowest BCUT2D eigenvalue weighted by Crippen LogP contribution is -2.33. The second kappa shape index (κ2) is 5.57. The van der Waals surface area contributed by atoms with E-state index in [1.165, 1.54) is 0 Å². The third-order valence-corrected chi connectivity index (χ3v) is 4.67. The predicted molar refractivity (Wildman–Crippen MR) is 81.9 cm³/mol. The number of hydrogen-bond donors (Lipinski definition) is 2. The zero-order chi connectivity index (χ0) is 14.0. The monoisotopic (exact) mass is 322 g/mol. The Bertz CT molecular complexity index is 581. The van der Waals surface area contributed by atoms with Crippen molar-refractivity contribution < 1.29 is 5.11 Å². The van der Waals surface area contributed by atoms with Crippen LogP contribution in [0.2, 0.25) is 0 Å². The first-order valence-corrected chi connectivity index (χ1v) is 7.24. The number of nitrogens with zero attached hydrogens (tertiary/aromatic N) is 1. The number of nitrogens with two attached hydrogens (primary N) is 1. The van der Waals surface area contributed by atoms with E-state index in [0.717, 1.165) is 27.4 Å². The molecule has 2 atom stereocenters. The Kier molecular flexibility index (Phi) is 4.23. The van der Waals surface area contributed by atoms with Crippen molar-refractivity contribution in [3.8, 4) is 0 Å². The molecule has 0 aliphatic carbocycles. The first-order valence-electron chi connectivity index (χ1n) is 6.44. The van der Waals surface area contributed by atoms with Gasteiger partial charge in [0.25, 0.3) is 0 Å². The van der Waals surface area contributed by atoms with E-state index in [9.17, 15) is 5.11 Å². The summed E-state index contributed by atoms with van der Waals surface area (Å²) in [4.78, 5) is 4.41. The zero-order valence-corrected chi connectivity index (χ0v) is 12.8. The molecule has 102 valence electrons. The van der Waals surface area contributed by atoms with Crippen molar-refractivity contribution in [2.24, 2.45) is 11.1 Å². The number of aromatic nitrogens is 1. The average molecular weight is 323 g/mol. The van der Waals surface area contributed by atoms with Gasteiger partial charge in [0.05, 0.1) is 11.6 Å². The molecule has 0 aliphatic heterocycles. The topological polar surface area (TPSA) is 59.1 Å². The molecule has 0 amide bonds. The van der Waals surface area contributed by atoms with E-state index in [-0.39, 0.29) is 5.41 Å². The van der Waals surface area contributed by atoms with Gasteiger partial charge in [0.1, 0.15) is 0 Å². The number of rotatable bonds is 4. The highest BCUT2D eigenvalue weighted by Crippen LogP contribution is 2.39. The molecule has 1 heterocycles. The molecular formula is C15H19BrN2O. The van der Waals surface area contributed by atoms with Gasteiger partial charge >= 0.3 is 0 Å². The van der Waals surface area contributed by atoms with Gasteiger partial charge in [-0.1, -0.05) is 41.9 Å². The second-order valence-corrected chi connectivity index (χ2v) is 6.00. The van der Waals surface area contributed by atoms with E-state index < -0.39 is 6.10 Å². The molecule has 3 nitrogen and oxygen atoms in total. The predicted octanol–water partition coefficient (Wildman–Crippen LogP) is 3.41. The highest BCUT2D eigenvalue weighted by atomic mass is 79.9. The van der Waals surface area contributed by atoms with Gasteiger partial charge < -0.3 is 10.8 Å². The van der Waals surface area contributed by atoms with Crippen molar-refractivity contribution in [3.05, 3.63) is 40.5 Å². The number of aliphatic hydroxyl groups is 1. The summed E-state index contributed by atoms with van der Waals surface area (Å²) in [5.74, 6) is 0. The Morgan fingerprint density at radius 1 is 1.42 bits per heavy atom. The molecule has 0 radical (unpaired) electrons. The Labute approximate surface area is 122 Å². The van der Waals surface area contributed by atoms with Crippen LogP contribution in [0.15, 0.2) is 34.9 Å². The molecule has 1 aromatic heterocycles. The molecule has 2 aromatic rings. The van der Waals surface area contributed by atoms with Gasteiger partial charge in [-0.25, -0.2) is 0 Å². The molecule has 2 rings (SSSR count). The van der Waals surface area contributed by atoms with Crippen LogP contribution in [-0.2, 0) is 0 Å². The highest BCUT2D eigenvalue weighted by molar-refractivity contribution is 9.10. The van der Waals surface area contributed by atoms with E-state index in [1.54, 1.807) is 6.20 Å². The standard InChI is InChI=1S/C15H19BrN2O/c1-3-15(2,9-17)14(19)11-6-7-12(16)10-5-4-8-18-13(10)11/h4-8,14,19H,3,9,17H2,1-2H3. The van der Waals surface area contributed by atoms with Crippen LogP contribution in [0.25, 0.3) is 10.9 Å². The summed E-state index contributed by atoms with van der Waals surface area (Å²) in [6.07, 6.45) is 1.94. The molecule has 3 N–H and O–H groups in total. The van der Waals surface area contributed by atoms with Crippen LogP contribution in [0.1, 0.15) is 31.9 Å². The lowest BCUT2D eigenvalue weighted by atomic mass is 9.78. The van der Waals surface area contributed by atoms with Crippen LogP contribution >= 0.6 is 15.9 Å². The van der Waals surface area contributed by atoms with Crippen molar-refractivity contribution >= 4 is 26.8 Å². The maximum Gasteiger partial charge on any atom is 0.0876 e. The van der Waals surface area contributed by atoms with E-state index in [0.29, 0.717) is 6.54 Å². The smallest absolute Gasteiger partial charge is 0.0876 e. The third kappa shape index (κ3) is 2.53. The van der Waals surface area contributed by atoms with E-state index >= 15 is 0 Å². The number of benzene rings is 1. The van der Waals surface area contributed by atoms with Gasteiger partial charge in [-0.3, -0.25) is 4.98 Å². The number of aliphatic hydroxyl groups excluding tert-OH is 1. The first-order chi connectivity index (χ1) is 9.03. The van der Waals surface area contributed by atoms with Gasteiger partial charge in [-0.2, -0.15) is 0 Å². The Morgan fingerprint density at radius 2 is 2.16 bits per heavy atom. The highest BCUT2D eigenvalue weighted by Gasteiger charge is 2.32. The van der Waals surface area contributed by atoms with Gasteiger partial charge in [-0.05, 0) is 18.6 Å². The summed E-state index contributed by atoms with van der Waals surface area (Å²) in [6.45, 7) is 4.49. The van der Waals surface area contributed by atoms with Crippen molar-refractivity contribution in [1.29, 1.82) is 0 Å². The fraction of sp³-hybridized carbons (Fsp3) is 0.400. The quantitative estimate of drug-likeness (QED) is 0.906. The molecule has 19 heavy (non-hydrogen) atoms. The minimum Gasteiger partial charge on any atom is -0.388 e. The summed E-state index contributed by atoms with van der Waals surface area (Å²) >= 11 is 3.52. The minimum absolute atomic E-state index is 0.335. The fourth-order valence-electron chi connectivity index (χ4n) is 2.21. The first kappa shape index (κ1) is 14.4. The van der Waals surface area contributed by atoms with Gasteiger partial charge in [0.2, 0.25) is 0 Å². The Hall–Kier alpha value is -0.970. The minimum atomic E-state index is -0.618. The molecule has 4 heteroatoms. The lowest BCUT2D eigenvalue weighted by molar-refractivity contribution is 0.0402. The van der Waals surface area contributed by atoms with Crippen LogP contribution in [-0.4, -0.2) is 16.6 Å². The average Bonchev–Trinajstić information content (AvgIpc) is 2.46. The summed E-state index contributed by atoms with van der Waals surface area (Å²) in [5, 5.41) is 11.7. The fourth-order valence-corrected chi connectivity index (χ4v) is 2.66. The normalized spacial score (nSPS) is 16.3. The number of hydrogen-bond acceptors (Lipinski definition) is 3. The van der Waals surface area contributed by atoms with Crippen molar-refractivity contribution in [1.82, 2.24) is 4.98 Å². The molecule has 2 unspecified atom stereocenters. The van der Waals surface area contributed by atoms with Crippen LogP contribution in [0.4, 0.5) is 0 Å². The summed E-state index contributed by atoms with van der Waals surface area (Å²) in [6, 6.07) is 7.77. The SMILES string of the molecule is CCC(C)(CN)C(O)c1ccc(Br)c2cccnc12. The third-order valence-electron chi connectivity index (χ3n) is 3.98. The van der Waals surface area contributed by atoms with Crippen molar-refractivity contribution in [3.63, 3.8) is 0 Å².